The standard InChI is InChI=1S/C21H24N8/c1-13-8-20(28-27-13)25-19-12-18-17(4-2-6-23-18)21(26-19)24-14-9-15-11-16(10-14)29(15)7-3-5-22/h2,4,6,8,12,14-16H,3,7,9-11H2,1H3,(H3,24,25,26,27,28). The third-order valence-corrected chi connectivity index (χ3v) is 5.98. The number of hydrogen-bond donors (Lipinski definition) is 3. The average Bonchev–Trinajstić information content (AvgIpc) is 3.13. The van der Waals surface area contributed by atoms with E-state index in [-0.39, 0.29) is 0 Å². The van der Waals surface area contributed by atoms with Gasteiger partial charge in [0.2, 0.25) is 0 Å². The number of H-pyrrole nitrogens is 1. The van der Waals surface area contributed by atoms with E-state index >= 15 is 0 Å². The van der Waals surface area contributed by atoms with E-state index in [2.05, 4.69) is 42.9 Å². The average molecular weight is 388 g/mol. The van der Waals surface area contributed by atoms with Gasteiger partial charge in [-0.25, -0.2) is 4.98 Å². The van der Waals surface area contributed by atoms with Gasteiger partial charge in [0.25, 0.3) is 0 Å². The second-order valence-corrected chi connectivity index (χ2v) is 7.99. The van der Waals surface area contributed by atoms with E-state index in [0.717, 1.165) is 53.4 Å². The fraction of sp³-hybridized carbons (Fsp3) is 0.429. The van der Waals surface area contributed by atoms with E-state index in [1.807, 2.05) is 25.1 Å². The summed E-state index contributed by atoms with van der Waals surface area (Å²) in [5.41, 5.74) is 1.89. The highest BCUT2D eigenvalue weighted by Crippen LogP contribution is 2.39. The molecule has 2 aliphatic heterocycles. The summed E-state index contributed by atoms with van der Waals surface area (Å²) in [4.78, 5) is 11.9. The highest BCUT2D eigenvalue weighted by molar-refractivity contribution is 5.91. The van der Waals surface area contributed by atoms with Gasteiger partial charge >= 0.3 is 0 Å². The van der Waals surface area contributed by atoms with Crippen molar-refractivity contribution >= 4 is 28.4 Å². The van der Waals surface area contributed by atoms with E-state index < -0.39 is 0 Å². The Balaban J connectivity index is 1.36. The predicted octanol–water partition coefficient (Wildman–Crippen LogP) is 3.34. The van der Waals surface area contributed by atoms with Crippen LogP contribution in [0, 0.1) is 18.3 Å². The molecule has 29 heavy (non-hydrogen) atoms. The summed E-state index contributed by atoms with van der Waals surface area (Å²) in [6.07, 6.45) is 5.84. The van der Waals surface area contributed by atoms with Crippen molar-refractivity contribution in [3.05, 3.63) is 36.2 Å². The minimum atomic E-state index is 0.385. The zero-order valence-corrected chi connectivity index (χ0v) is 16.4. The number of pyridine rings is 2. The van der Waals surface area contributed by atoms with Crippen molar-refractivity contribution in [3.8, 4) is 6.07 Å². The maximum absolute atomic E-state index is 8.86. The summed E-state index contributed by atoms with van der Waals surface area (Å²) < 4.78 is 0. The van der Waals surface area contributed by atoms with Gasteiger partial charge in [0, 0.05) is 60.5 Å². The lowest BCUT2D eigenvalue weighted by Crippen LogP contribution is -2.63. The quantitative estimate of drug-likeness (QED) is 0.595. The number of anilines is 3. The molecule has 148 valence electrons. The molecule has 1 aliphatic carbocycles. The lowest BCUT2D eigenvalue weighted by Gasteiger charge is -2.55. The van der Waals surface area contributed by atoms with E-state index in [9.17, 15) is 0 Å². The van der Waals surface area contributed by atoms with Crippen LogP contribution in [0.15, 0.2) is 30.5 Å². The number of rotatable bonds is 6. The van der Waals surface area contributed by atoms with Gasteiger partial charge < -0.3 is 10.6 Å². The molecule has 0 amide bonds. The van der Waals surface area contributed by atoms with Crippen molar-refractivity contribution < 1.29 is 0 Å². The van der Waals surface area contributed by atoms with Gasteiger partial charge in [0.1, 0.15) is 11.6 Å². The van der Waals surface area contributed by atoms with E-state index in [1.165, 1.54) is 6.42 Å². The number of nitrogens with one attached hydrogen (secondary N) is 3. The summed E-state index contributed by atoms with van der Waals surface area (Å²) in [7, 11) is 0. The Hall–Kier alpha value is -3.18. The molecule has 0 spiro atoms. The maximum atomic E-state index is 8.86. The molecule has 2 bridgehead atoms. The molecule has 3 aromatic rings. The van der Waals surface area contributed by atoms with Crippen molar-refractivity contribution in [3.63, 3.8) is 0 Å². The van der Waals surface area contributed by atoms with Crippen molar-refractivity contribution in [1.82, 2.24) is 25.1 Å². The number of aryl methyl sites for hydroxylation is 1. The van der Waals surface area contributed by atoms with Crippen LogP contribution in [0.2, 0.25) is 0 Å². The Morgan fingerprint density at radius 1 is 1.24 bits per heavy atom. The molecule has 6 rings (SSSR count). The number of nitriles is 1. The van der Waals surface area contributed by atoms with Gasteiger partial charge in [0.15, 0.2) is 5.82 Å². The molecule has 8 nitrogen and oxygen atoms in total. The molecule has 2 unspecified atom stereocenters. The fourth-order valence-corrected chi connectivity index (χ4v) is 4.68. The molecular weight excluding hydrogens is 364 g/mol. The summed E-state index contributed by atoms with van der Waals surface area (Å²) >= 11 is 0. The summed E-state index contributed by atoms with van der Waals surface area (Å²) in [5.74, 6) is 2.32. The van der Waals surface area contributed by atoms with E-state index in [1.54, 1.807) is 6.20 Å². The zero-order valence-electron chi connectivity index (χ0n) is 16.4. The number of aromatic amines is 1. The molecule has 3 aromatic heterocycles. The molecule has 2 atom stereocenters. The van der Waals surface area contributed by atoms with Crippen LogP contribution in [0.25, 0.3) is 10.9 Å². The van der Waals surface area contributed by atoms with Crippen LogP contribution in [0.3, 0.4) is 0 Å². The first-order valence-electron chi connectivity index (χ1n) is 10.1. The Morgan fingerprint density at radius 3 is 2.86 bits per heavy atom. The van der Waals surface area contributed by atoms with Crippen molar-refractivity contribution in [1.29, 1.82) is 5.26 Å². The topological polar surface area (TPSA) is 106 Å². The third-order valence-electron chi connectivity index (χ3n) is 5.98. The van der Waals surface area contributed by atoms with Gasteiger partial charge in [-0.1, -0.05) is 0 Å². The molecule has 0 radical (unpaired) electrons. The molecule has 8 heteroatoms. The first-order chi connectivity index (χ1) is 14.2. The monoisotopic (exact) mass is 388 g/mol. The predicted molar refractivity (Wildman–Crippen MR) is 112 cm³/mol. The Morgan fingerprint density at radius 2 is 2.10 bits per heavy atom. The second kappa shape index (κ2) is 7.33. The Bertz CT molecular complexity index is 1060. The summed E-state index contributed by atoms with van der Waals surface area (Å²) in [6.45, 7) is 2.86. The summed E-state index contributed by atoms with van der Waals surface area (Å²) in [5, 5.41) is 24.0. The Kier molecular flexibility index (Phi) is 4.52. The minimum Gasteiger partial charge on any atom is -0.367 e. The second-order valence-electron chi connectivity index (χ2n) is 7.99. The highest BCUT2D eigenvalue weighted by atomic mass is 15.3. The lowest BCUT2D eigenvalue weighted by atomic mass is 9.76. The van der Waals surface area contributed by atoms with Crippen molar-refractivity contribution in [2.45, 2.75) is 50.7 Å². The number of hydrogen-bond acceptors (Lipinski definition) is 7. The fourth-order valence-electron chi connectivity index (χ4n) is 4.68. The molecular formula is C21H24N8. The van der Waals surface area contributed by atoms with Crippen LogP contribution in [0.5, 0.6) is 0 Å². The normalized spacial score (nSPS) is 23.4. The van der Waals surface area contributed by atoms with Crippen molar-refractivity contribution in [2.75, 3.05) is 17.2 Å². The minimum absolute atomic E-state index is 0.385. The summed E-state index contributed by atoms with van der Waals surface area (Å²) in [6, 6.07) is 11.7. The van der Waals surface area contributed by atoms with Crippen LogP contribution in [-0.2, 0) is 0 Å². The smallest absolute Gasteiger partial charge is 0.153 e. The van der Waals surface area contributed by atoms with Gasteiger partial charge in [-0.2, -0.15) is 10.4 Å². The lowest BCUT2D eigenvalue weighted by molar-refractivity contribution is -0.0299. The number of nitrogens with zero attached hydrogens (tertiary/aromatic N) is 5. The molecule has 5 heterocycles. The van der Waals surface area contributed by atoms with Gasteiger partial charge in [-0.05, 0) is 38.3 Å². The van der Waals surface area contributed by atoms with Crippen LogP contribution >= 0.6 is 0 Å². The van der Waals surface area contributed by atoms with E-state index in [0.29, 0.717) is 24.5 Å². The number of piperidine rings is 1. The molecule has 0 aromatic carbocycles. The molecule has 3 aliphatic rings. The van der Waals surface area contributed by atoms with Gasteiger partial charge in [-0.3, -0.25) is 15.0 Å². The van der Waals surface area contributed by atoms with E-state index in [4.69, 9.17) is 10.2 Å². The molecule has 1 saturated carbocycles. The maximum Gasteiger partial charge on any atom is 0.153 e. The molecule has 3 fully saturated rings. The van der Waals surface area contributed by atoms with Gasteiger partial charge in [-0.15, -0.1) is 0 Å². The number of aromatic nitrogens is 4. The van der Waals surface area contributed by atoms with Crippen LogP contribution in [0.4, 0.5) is 17.5 Å². The third kappa shape index (κ3) is 3.49. The highest BCUT2D eigenvalue weighted by Gasteiger charge is 2.44. The zero-order chi connectivity index (χ0) is 19.8. The number of fused-ring (bicyclic) bond motifs is 3. The SMILES string of the molecule is Cc1cc(Nc2cc3ncccc3c(NC3CC4CC(C3)N4CCC#N)n2)n[nH]1. The van der Waals surface area contributed by atoms with Crippen LogP contribution in [0.1, 0.15) is 31.4 Å². The van der Waals surface area contributed by atoms with Crippen LogP contribution < -0.4 is 10.6 Å². The van der Waals surface area contributed by atoms with Crippen LogP contribution in [-0.4, -0.2) is 49.7 Å². The van der Waals surface area contributed by atoms with Crippen molar-refractivity contribution in [2.24, 2.45) is 0 Å². The van der Waals surface area contributed by atoms with Gasteiger partial charge in [0.05, 0.1) is 11.6 Å². The largest absolute Gasteiger partial charge is 0.367 e. The molecule has 2 saturated heterocycles. The Labute approximate surface area is 169 Å². The first kappa shape index (κ1) is 17.9. The molecule has 3 N–H and O–H groups in total. The first-order valence-corrected chi connectivity index (χ1v) is 10.1.